The van der Waals surface area contributed by atoms with Crippen LogP contribution in [-0.2, 0) is 4.79 Å². The molecular weight excluding hydrogens is 454 g/mol. The number of piperidine rings is 1. The lowest BCUT2D eigenvalue weighted by molar-refractivity contribution is -0.138. The quantitative estimate of drug-likeness (QED) is 0.601. The Morgan fingerprint density at radius 3 is 2.26 bits per heavy atom. The second-order valence-corrected chi connectivity index (χ2v) is 9.22. The van der Waals surface area contributed by atoms with E-state index in [0.29, 0.717) is 43.4 Å². The number of halogens is 1. The van der Waals surface area contributed by atoms with E-state index in [1.54, 1.807) is 31.4 Å². The van der Waals surface area contributed by atoms with E-state index in [-0.39, 0.29) is 17.7 Å². The van der Waals surface area contributed by atoms with E-state index in [4.69, 9.17) is 21.1 Å². The predicted octanol–water partition coefficient (Wildman–Crippen LogP) is 3.42. The van der Waals surface area contributed by atoms with Crippen LogP contribution in [-0.4, -0.2) is 86.0 Å². The Kier molecular flexibility index (Phi) is 8.29. The summed E-state index contributed by atoms with van der Waals surface area (Å²) in [5.74, 6) is 1.64. The first-order valence-corrected chi connectivity index (χ1v) is 12.2. The molecule has 182 valence electrons. The Bertz CT molecular complexity index is 959. The fourth-order valence-electron chi connectivity index (χ4n) is 4.55. The monoisotopic (exact) mass is 485 g/mol. The average molecular weight is 486 g/mol. The molecule has 2 amide bonds. The van der Waals surface area contributed by atoms with Crippen LogP contribution in [0.3, 0.4) is 0 Å². The van der Waals surface area contributed by atoms with Gasteiger partial charge in [0.2, 0.25) is 5.91 Å². The van der Waals surface area contributed by atoms with E-state index in [2.05, 4.69) is 4.90 Å². The second kappa shape index (κ2) is 11.6. The van der Waals surface area contributed by atoms with Crippen LogP contribution >= 0.6 is 11.6 Å². The number of carbonyl (C=O) groups excluding carboxylic acids is 2. The molecule has 0 N–H and O–H groups in total. The third-order valence-corrected chi connectivity index (χ3v) is 6.82. The van der Waals surface area contributed by atoms with Gasteiger partial charge < -0.3 is 19.3 Å². The van der Waals surface area contributed by atoms with Gasteiger partial charge in [-0.15, -0.1) is 0 Å². The molecule has 1 atom stereocenters. The van der Waals surface area contributed by atoms with Crippen LogP contribution in [0.5, 0.6) is 11.5 Å². The Morgan fingerprint density at radius 2 is 1.59 bits per heavy atom. The van der Waals surface area contributed by atoms with Gasteiger partial charge in [-0.25, -0.2) is 0 Å². The maximum atomic E-state index is 13.2. The van der Waals surface area contributed by atoms with Crippen molar-refractivity contribution in [1.29, 1.82) is 0 Å². The molecule has 2 fully saturated rings. The molecule has 2 heterocycles. The number of hydrogen-bond donors (Lipinski definition) is 0. The van der Waals surface area contributed by atoms with E-state index in [9.17, 15) is 9.59 Å². The Hall–Kier alpha value is -2.77. The van der Waals surface area contributed by atoms with Crippen molar-refractivity contribution in [3.63, 3.8) is 0 Å². The molecule has 2 aliphatic rings. The van der Waals surface area contributed by atoms with Crippen molar-refractivity contribution >= 4 is 23.4 Å². The number of carbonyl (C=O) groups is 2. The number of amides is 2. The van der Waals surface area contributed by atoms with E-state index < -0.39 is 0 Å². The third-order valence-electron chi connectivity index (χ3n) is 6.57. The average Bonchev–Trinajstić information content (AvgIpc) is 2.89. The molecular formula is C26H32ClN3O4. The van der Waals surface area contributed by atoms with Gasteiger partial charge in [0, 0.05) is 56.4 Å². The third kappa shape index (κ3) is 6.21. The summed E-state index contributed by atoms with van der Waals surface area (Å²) < 4.78 is 11.0. The van der Waals surface area contributed by atoms with Gasteiger partial charge in [0.1, 0.15) is 18.1 Å². The van der Waals surface area contributed by atoms with Crippen LogP contribution < -0.4 is 9.47 Å². The van der Waals surface area contributed by atoms with Crippen molar-refractivity contribution in [3.05, 3.63) is 59.1 Å². The lowest BCUT2D eigenvalue weighted by atomic mass is 9.95. The molecule has 0 bridgehead atoms. The highest BCUT2D eigenvalue weighted by molar-refractivity contribution is 6.30. The Labute approximate surface area is 206 Å². The van der Waals surface area contributed by atoms with Gasteiger partial charge in [-0.3, -0.25) is 14.5 Å². The van der Waals surface area contributed by atoms with Gasteiger partial charge in [0.25, 0.3) is 5.91 Å². The number of rotatable bonds is 7. The SMILES string of the molecule is COc1ccc(OCCN2CCN(C(=O)C3CCCN(C(=O)c4ccc(Cl)cc4)C3)CC2)cc1. The minimum Gasteiger partial charge on any atom is -0.497 e. The summed E-state index contributed by atoms with van der Waals surface area (Å²) in [7, 11) is 1.64. The summed E-state index contributed by atoms with van der Waals surface area (Å²) in [4.78, 5) is 32.1. The maximum absolute atomic E-state index is 13.2. The van der Waals surface area contributed by atoms with E-state index in [1.807, 2.05) is 34.1 Å². The van der Waals surface area contributed by atoms with Crippen LogP contribution in [0.4, 0.5) is 0 Å². The molecule has 0 aromatic heterocycles. The number of methoxy groups -OCH3 is 1. The summed E-state index contributed by atoms with van der Waals surface area (Å²) in [6.45, 7) is 5.68. The maximum Gasteiger partial charge on any atom is 0.253 e. The molecule has 2 aromatic rings. The number of ether oxygens (including phenoxy) is 2. The van der Waals surface area contributed by atoms with Crippen LogP contribution in [0.2, 0.25) is 5.02 Å². The van der Waals surface area contributed by atoms with Gasteiger partial charge in [-0.2, -0.15) is 0 Å². The van der Waals surface area contributed by atoms with Gasteiger partial charge in [0.05, 0.1) is 13.0 Å². The molecule has 2 aliphatic heterocycles. The van der Waals surface area contributed by atoms with Crippen molar-refractivity contribution in [2.24, 2.45) is 5.92 Å². The highest BCUT2D eigenvalue weighted by Gasteiger charge is 2.32. The van der Waals surface area contributed by atoms with Crippen LogP contribution in [0.15, 0.2) is 48.5 Å². The molecule has 0 spiro atoms. The first-order valence-electron chi connectivity index (χ1n) is 11.9. The van der Waals surface area contributed by atoms with Gasteiger partial charge in [0.15, 0.2) is 0 Å². The van der Waals surface area contributed by atoms with E-state index in [1.165, 1.54) is 0 Å². The summed E-state index contributed by atoms with van der Waals surface area (Å²) >= 11 is 5.94. The summed E-state index contributed by atoms with van der Waals surface area (Å²) in [5, 5.41) is 0.606. The first-order chi connectivity index (χ1) is 16.5. The second-order valence-electron chi connectivity index (χ2n) is 8.79. The minimum absolute atomic E-state index is 0.0316. The lowest BCUT2D eigenvalue weighted by Crippen LogP contribution is -2.53. The molecule has 0 radical (unpaired) electrons. The van der Waals surface area contributed by atoms with Crippen molar-refractivity contribution in [2.75, 3.05) is 59.5 Å². The fraction of sp³-hybridized carbons (Fsp3) is 0.462. The standard InChI is InChI=1S/C26H32ClN3O4/c1-33-23-8-10-24(11-9-23)34-18-17-28-13-15-29(16-14-28)26(32)21-3-2-12-30(19-21)25(31)20-4-6-22(27)7-5-20/h4-11,21H,2-3,12-19H2,1H3. The molecule has 2 aromatic carbocycles. The van der Waals surface area contributed by atoms with E-state index in [0.717, 1.165) is 44.0 Å². The largest absolute Gasteiger partial charge is 0.497 e. The molecule has 0 saturated carbocycles. The highest BCUT2D eigenvalue weighted by Crippen LogP contribution is 2.22. The number of nitrogens with zero attached hydrogens (tertiary/aromatic N) is 3. The van der Waals surface area contributed by atoms with Gasteiger partial charge in [-0.05, 0) is 61.4 Å². The molecule has 8 heteroatoms. The number of benzene rings is 2. The highest BCUT2D eigenvalue weighted by atomic mass is 35.5. The molecule has 4 rings (SSSR count). The molecule has 34 heavy (non-hydrogen) atoms. The van der Waals surface area contributed by atoms with Crippen LogP contribution in [0.1, 0.15) is 23.2 Å². The van der Waals surface area contributed by atoms with Crippen molar-refractivity contribution in [3.8, 4) is 11.5 Å². The molecule has 1 unspecified atom stereocenters. The zero-order valence-electron chi connectivity index (χ0n) is 19.6. The molecule has 7 nitrogen and oxygen atoms in total. The summed E-state index contributed by atoms with van der Waals surface area (Å²) in [6.07, 6.45) is 1.68. The van der Waals surface area contributed by atoms with E-state index >= 15 is 0 Å². The summed E-state index contributed by atoms with van der Waals surface area (Å²) in [6, 6.07) is 14.5. The van der Waals surface area contributed by atoms with Crippen molar-refractivity contribution in [2.45, 2.75) is 12.8 Å². The minimum atomic E-state index is -0.130. The first kappa shape index (κ1) is 24.4. The number of piperazine rings is 1. The predicted molar refractivity (Wildman–Crippen MR) is 132 cm³/mol. The molecule has 2 saturated heterocycles. The Balaban J connectivity index is 1.21. The number of hydrogen-bond acceptors (Lipinski definition) is 5. The van der Waals surface area contributed by atoms with Gasteiger partial charge >= 0.3 is 0 Å². The summed E-state index contributed by atoms with van der Waals surface area (Å²) in [5.41, 5.74) is 0.614. The fourth-order valence-corrected chi connectivity index (χ4v) is 4.68. The zero-order chi connectivity index (χ0) is 23.9. The smallest absolute Gasteiger partial charge is 0.253 e. The van der Waals surface area contributed by atoms with Crippen molar-refractivity contribution in [1.82, 2.24) is 14.7 Å². The zero-order valence-corrected chi connectivity index (χ0v) is 20.4. The normalized spacial score (nSPS) is 19.1. The number of likely N-dealkylation sites (tertiary alicyclic amines) is 1. The Morgan fingerprint density at radius 1 is 0.912 bits per heavy atom. The lowest BCUT2D eigenvalue weighted by Gasteiger charge is -2.39. The molecule has 0 aliphatic carbocycles. The van der Waals surface area contributed by atoms with Gasteiger partial charge in [-0.1, -0.05) is 11.6 Å². The van der Waals surface area contributed by atoms with Crippen molar-refractivity contribution < 1.29 is 19.1 Å². The van der Waals surface area contributed by atoms with Crippen LogP contribution in [0, 0.1) is 5.92 Å². The van der Waals surface area contributed by atoms with Crippen LogP contribution in [0.25, 0.3) is 0 Å². The topological polar surface area (TPSA) is 62.3 Å².